The summed E-state index contributed by atoms with van der Waals surface area (Å²) in [4.78, 5) is 0.231. The van der Waals surface area contributed by atoms with Crippen LogP contribution in [0.25, 0.3) is 0 Å². The Morgan fingerprint density at radius 3 is 1.00 bits per heavy atom. The minimum atomic E-state index is -3.76. The Hall–Kier alpha value is -3.93. The number of hydrogen-bond acceptors (Lipinski definition) is 4. The van der Waals surface area contributed by atoms with Crippen LogP contribution in [0.5, 0.6) is 0 Å². The molecule has 0 aliphatic heterocycles. The van der Waals surface area contributed by atoms with E-state index in [4.69, 9.17) is 24.4 Å². The molecule has 11 heteroatoms. The Kier molecular flexibility index (Phi) is 8.07. The highest BCUT2D eigenvalue weighted by molar-refractivity contribution is 7.91. The molecule has 0 atom stereocenters. The Bertz CT molecular complexity index is 1400. The summed E-state index contributed by atoms with van der Waals surface area (Å²) in [6, 6.07) is 23.8. The Labute approximate surface area is 223 Å². The third-order valence-electron chi connectivity index (χ3n) is 5.05. The Morgan fingerprint density at radius 1 is 0.486 bits per heavy atom. The minimum Gasteiger partial charge on any atom is -0.332 e. The molecule has 0 saturated carbocycles. The minimum absolute atomic E-state index is 0.115. The highest BCUT2D eigenvalue weighted by Crippen LogP contribution is 2.24. The molecule has 0 aliphatic rings. The zero-order valence-electron chi connectivity index (χ0n) is 19.0. The van der Waals surface area contributed by atoms with Crippen LogP contribution >= 0.6 is 24.4 Å². The standard InChI is InChI=1S/C26H20F2N4O2S3/c27-17-1-5-19(6-2-17)29-25(35)31-21-9-13-23(14-10-21)37(33,34)24-15-11-22(12-16-24)32-26(36)30-20-7-3-18(28)4-8-20/h1-16H,(H2,29,31,35)(H2,30,32,36). The number of nitrogens with one attached hydrogen (secondary N) is 4. The summed E-state index contributed by atoms with van der Waals surface area (Å²) in [7, 11) is -3.76. The molecule has 0 radical (unpaired) electrons. The summed E-state index contributed by atoms with van der Waals surface area (Å²) in [5, 5.41) is 12.3. The number of halogens is 2. The van der Waals surface area contributed by atoms with Crippen LogP contribution in [0.15, 0.2) is 107 Å². The second kappa shape index (κ2) is 11.4. The van der Waals surface area contributed by atoms with Crippen molar-refractivity contribution in [2.24, 2.45) is 0 Å². The summed E-state index contributed by atoms with van der Waals surface area (Å²) in [6.45, 7) is 0. The van der Waals surface area contributed by atoms with E-state index in [1.807, 2.05) is 0 Å². The summed E-state index contributed by atoms with van der Waals surface area (Å²) in [5.74, 6) is -0.705. The van der Waals surface area contributed by atoms with Crippen molar-refractivity contribution < 1.29 is 17.2 Å². The molecular formula is C26H20F2N4O2S3. The molecule has 0 fully saturated rings. The lowest BCUT2D eigenvalue weighted by Crippen LogP contribution is -2.19. The predicted molar refractivity (Wildman–Crippen MR) is 151 cm³/mol. The van der Waals surface area contributed by atoms with E-state index in [1.165, 1.54) is 48.5 Å². The van der Waals surface area contributed by atoms with Crippen molar-refractivity contribution in [2.45, 2.75) is 9.79 Å². The van der Waals surface area contributed by atoms with Crippen molar-refractivity contribution in [1.29, 1.82) is 0 Å². The maximum absolute atomic E-state index is 13.1. The highest BCUT2D eigenvalue weighted by Gasteiger charge is 2.17. The smallest absolute Gasteiger partial charge is 0.206 e. The molecule has 6 nitrogen and oxygen atoms in total. The lowest BCUT2D eigenvalue weighted by Gasteiger charge is -2.12. The van der Waals surface area contributed by atoms with Gasteiger partial charge in [0.1, 0.15) is 11.6 Å². The van der Waals surface area contributed by atoms with Crippen molar-refractivity contribution >= 4 is 67.2 Å². The van der Waals surface area contributed by atoms with Gasteiger partial charge in [0, 0.05) is 22.7 Å². The van der Waals surface area contributed by atoms with Gasteiger partial charge >= 0.3 is 0 Å². The maximum atomic E-state index is 13.1. The third kappa shape index (κ3) is 7.06. The molecule has 0 heterocycles. The van der Waals surface area contributed by atoms with Crippen molar-refractivity contribution in [1.82, 2.24) is 0 Å². The molecule has 4 aromatic carbocycles. The van der Waals surface area contributed by atoms with Gasteiger partial charge in [0.15, 0.2) is 10.2 Å². The molecule has 37 heavy (non-hydrogen) atoms. The molecule has 0 aromatic heterocycles. The first-order chi connectivity index (χ1) is 17.7. The van der Waals surface area contributed by atoms with Crippen LogP contribution in [0.3, 0.4) is 0 Å². The van der Waals surface area contributed by atoms with Gasteiger partial charge in [-0.2, -0.15) is 0 Å². The van der Waals surface area contributed by atoms with Crippen LogP contribution < -0.4 is 21.3 Å². The molecule has 4 rings (SSSR count). The zero-order valence-corrected chi connectivity index (χ0v) is 21.5. The van der Waals surface area contributed by atoms with E-state index < -0.39 is 9.84 Å². The van der Waals surface area contributed by atoms with Crippen molar-refractivity contribution in [3.8, 4) is 0 Å². The monoisotopic (exact) mass is 554 g/mol. The number of rotatable bonds is 6. The van der Waals surface area contributed by atoms with E-state index in [0.717, 1.165) is 0 Å². The first-order valence-corrected chi connectivity index (χ1v) is 13.1. The van der Waals surface area contributed by atoms with Gasteiger partial charge in [0.25, 0.3) is 0 Å². The number of benzene rings is 4. The molecule has 0 saturated heterocycles. The fourth-order valence-electron chi connectivity index (χ4n) is 3.22. The van der Waals surface area contributed by atoms with Gasteiger partial charge in [-0.25, -0.2) is 17.2 Å². The lowest BCUT2D eigenvalue weighted by molar-refractivity contribution is 0.596. The zero-order chi connectivity index (χ0) is 26.4. The summed E-state index contributed by atoms with van der Waals surface area (Å²) in [5.41, 5.74) is 2.40. The summed E-state index contributed by atoms with van der Waals surface area (Å²) >= 11 is 10.5. The molecule has 188 valence electrons. The average Bonchev–Trinajstić information content (AvgIpc) is 2.87. The number of hydrogen-bond donors (Lipinski definition) is 4. The second-order valence-electron chi connectivity index (χ2n) is 7.72. The van der Waals surface area contributed by atoms with Gasteiger partial charge in [-0.15, -0.1) is 0 Å². The van der Waals surface area contributed by atoms with Gasteiger partial charge in [0.2, 0.25) is 9.84 Å². The average molecular weight is 555 g/mol. The lowest BCUT2D eigenvalue weighted by atomic mass is 10.3. The number of sulfone groups is 1. The van der Waals surface area contributed by atoms with Crippen molar-refractivity contribution in [3.63, 3.8) is 0 Å². The predicted octanol–water partition coefficient (Wildman–Crippen LogP) is 6.42. The van der Waals surface area contributed by atoms with Crippen molar-refractivity contribution in [3.05, 3.63) is 109 Å². The van der Waals surface area contributed by atoms with Gasteiger partial charge in [-0.05, 0) is 121 Å². The maximum Gasteiger partial charge on any atom is 0.206 e. The molecule has 4 aromatic rings. The summed E-state index contributed by atoms with van der Waals surface area (Å²) in [6.07, 6.45) is 0. The molecule has 0 amide bonds. The van der Waals surface area contributed by atoms with Crippen LogP contribution in [0, 0.1) is 11.6 Å². The molecule has 0 bridgehead atoms. The largest absolute Gasteiger partial charge is 0.332 e. The Morgan fingerprint density at radius 2 is 0.730 bits per heavy atom. The summed E-state index contributed by atoms with van der Waals surface area (Å²) < 4.78 is 52.2. The quantitative estimate of drug-likeness (QED) is 0.204. The Balaban J connectivity index is 1.36. The van der Waals surface area contributed by atoms with E-state index in [1.54, 1.807) is 48.5 Å². The van der Waals surface area contributed by atoms with E-state index in [9.17, 15) is 17.2 Å². The number of thiocarbonyl (C=S) groups is 2. The normalized spacial score (nSPS) is 10.9. The molecule has 0 unspecified atom stereocenters. The fraction of sp³-hybridized carbons (Fsp3) is 0. The van der Waals surface area contributed by atoms with Gasteiger partial charge in [0.05, 0.1) is 9.79 Å². The molecule has 0 aliphatic carbocycles. The molecular weight excluding hydrogens is 535 g/mol. The SMILES string of the molecule is O=S(=O)(c1ccc(NC(=S)Nc2ccc(F)cc2)cc1)c1ccc(NC(=S)Nc2ccc(F)cc2)cc1. The van der Waals surface area contributed by atoms with Crippen LogP contribution in [-0.2, 0) is 9.84 Å². The topological polar surface area (TPSA) is 82.3 Å². The van der Waals surface area contributed by atoms with E-state index in [0.29, 0.717) is 22.7 Å². The highest BCUT2D eigenvalue weighted by atomic mass is 32.2. The van der Waals surface area contributed by atoms with E-state index in [2.05, 4.69) is 21.3 Å². The van der Waals surface area contributed by atoms with E-state index >= 15 is 0 Å². The fourth-order valence-corrected chi connectivity index (χ4v) is 4.96. The van der Waals surface area contributed by atoms with Crippen LogP contribution in [-0.4, -0.2) is 18.6 Å². The third-order valence-corrected chi connectivity index (χ3v) is 7.24. The van der Waals surface area contributed by atoms with Crippen LogP contribution in [0.2, 0.25) is 0 Å². The van der Waals surface area contributed by atoms with Crippen molar-refractivity contribution in [2.75, 3.05) is 21.3 Å². The van der Waals surface area contributed by atoms with Crippen LogP contribution in [0.1, 0.15) is 0 Å². The first-order valence-electron chi connectivity index (χ1n) is 10.8. The van der Waals surface area contributed by atoms with Gasteiger partial charge < -0.3 is 21.3 Å². The number of anilines is 4. The van der Waals surface area contributed by atoms with Gasteiger partial charge in [-0.3, -0.25) is 0 Å². The second-order valence-corrected chi connectivity index (χ2v) is 10.5. The first kappa shape index (κ1) is 26.1. The van der Waals surface area contributed by atoms with Crippen LogP contribution in [0.4, 0.5) is 31.5 Å². The molecule has 4 N–H and O–H groups in total. The van der Waals surface area contributed by atoms with Gasteiger partial charge in [-0.1, -0.05) is 0 Å². The molecule has 0 spiro atoms. The van der Waals surface area contributed by atoms with E-state index in [-0.39, 0.29) is 31.7 Å².